The number of amides is 2. The zero-order valence-electron chi connectivity index (χ0n) is 20.0. The predicted molar refractivity (Wildman–Crippen MR) is 143 cm³/mol. The molecule has 5 rings (SSSR count). The molecule has 0 spiro atoms. The third kappa shape index (κ3) is 4.65. The fourth-order valence-electron chi connectivity index (χ4n) is 4.35. The SMILES string of the molecule is NC(=O)c1ccc(C#Cc2ccc(-c3c4ccc(=O)cc-4oc4cc(O)ccc34)c(C(=O)O)c2)cc1C(N)=O. The second-order valence-electron chi connectivity index (χ2n) is 8.62. The molecule has 0 saturated heterocycles. The van der Waals surface area contributed by atoms with Gasteiger partial charge in [-0.1, -0.05) is 17.9 Å². The van der Waals surface area contributed by atoms with Gasteiger partial charge in [-0.2, -0.15) is 0 Å². The van der Waals surface area contributed by atoms with Gasteiger partial charge in [0.15, 0.2) is 5.43 Å². The van der Waals surface area contributed by atoms with E-state index in [1.54, 1.807) is 24.3 Å². The zero-order valence-corrected chi connectivity index (χ0v) is 20.0. The van der Waals surface area contributed by atoms with Crippen molar-refractivity contribution in [3.05, 3.63) is 111 Å². The van der Waals surface area contributed by atoms with Crippen molar-refractivity contribution < 1.29 is 29.0 Å². The minimum absolute atomic E-state index is 0.0305. The minimum Gasteiger partial charge on any atom is -0.508 e. The molecule has 0 aromatic heterocycles. The van der Waals surface area contributed by atoms with Gasteiger partial charge in [-0.3, -0.25) is 14.4 Å². The smallest absolute Gasteiger partial charge is 0.336 e. The summed E-state index contributed by atoms with van der Waals surface area (Å²) in [7, 11) is 0. The van der Waals surface area contributed by atoms with Crippen molar-refractivity contribution in [3.8, 4) is 40.0 Å². The van der Waals surface area contributed by atoms with Crippen LogP contribution in [0.3, 0.4) is 0 Å². The average molecular weight is 518 g/mol. The van der Waals surface area contributed by atoms with E-state index in [0.717, 1.165) is 0 Å². The molecule has 0 radical (unpaired) electrons. The maximum absolute atomic E-state index is 12.4. The molecule has 2 amide bonds. The maximum Gasteiger partial charge on any atom is 0.336 e. The van der Waals surface area contributed by atoms with E-state index < -0.39 is 17.8 Å². The van der Waals surface area contributed by atoms with E-state index in [0.29, 0.717) is 33.2 Å². The molecule has 0 saturated carbocycles. The van der Waals surface area contributed by atoms with Crippen molar-refractivity contribution in [2.24, 2.45) is 11.5 Å². The van der Waals surface area contributed by atoms with Crippen LogP contribution in [0.4, 0.5) is 0 Å². The molecule has 1 aliphatic carbocycles. The molecule has 6 N–H and O–H groups in total. The van der Waals surface area contributed by atoms with Crippen LogP contribution in [0.2, 0.25) is 0 Å². The first-order valence-electron chi connectivity index (χ1n) is 11.5. The fraction of sp³-hybridized carbons (Fsp3) is 0. The Kier molecular flexibility index (Phi) is 6.06. The molecular formula is C30H18N2O7. The van der Waals surface area contributed by atoms with Crippen LogP contribution in [-0.2, 0) is 0 Å². The fourth-order valence-corrected chi connectivity index (χ4v) is 4.35. The number of hydrogen-bond donors (Lipinski definition) is 4. The number of phenolic OH excluding ortho intramolecular Hbond substituents is 1. The molecule has 9 heteroatoms. The lowest BCUT2D eigenvalue weighted by Gasteiger charge is -2.17. The Morgan fingerprint density at radius 2 is 1.36 bits per heavy atom. The molecule has 1 heterocycles. The Bertz CT molecular complexity index is 1940. The number of hydrogen-bond acceptors (Lipinski definition) is 6. The van der Waals surface area contributed by atoms with Gasteiger partial charge in [-0.25, -0.2) is 4.79 Å². The monoisotopic (exact) mass is 518 g/mol. The highest BCUT2D eigenvalue weighted by molar-refractivity contribution is 6.08. The molecule has 1 aliphatic heterocycles. The van der Waals surface area contributed by atoms with Crippen LogP contribution in [-0.4, -0.2) is 28.0 Å². The van der Waals surface area contributed by atoms with Gasteiger partial charge in [0.25, 0.3) is 0 Å². The number of carboxylic acid groups (broad SMARTS) is 1. The van der Waals surface area contributed by atoms with E-state index >= 15 is 0 Å². The second kappa shape index (κ2) is 9.53. The van der Waals surface area contributed by atoms with Gasteiger partial charge in [0.2, 0.25) is 11.8 Å². The molecule has 2 aliphatic rings. The van der Waals surface area contributed by atoms with E-state index in [1.165, 1.54) is 48.5 Å². The Morgan fingerprint density at radius 3 is 2.03 bits per heavy atom. The Hall–Kier alpha value is -5.88. The molecule has 0 bridgehead atoms. The summed E-state index contributed by atoms with van der Waals surface area (Å²) in [6, 6.07) is 17.5. The molecule has 9 nitrogen and oxygen atoms in total. The van der Waals surface area contributed by atoms with Crippen molar-refractivity contribution in [1.29, 1.82) is 0 Å². The van der Waals surface area contributed by atoms with Gasteiger partial charge in [0, 0.05) is 39.8 Å². The van der Waals surface area contributed by atoms with E-state index in [1.807, 2.05) is 0 Å². The number of nitrogens with two attached hydrogens (primary N) is 2. The lowest BCUT2D eigenvalue weighted by atomic mass is 9.90. The molecule has 39 heavy (non-hydrogen) atoms. The van der Waals surface area contributed by atoms with Crippen molar-refractivity contribution in [2.45, 2.75) is 0 Å². The number of fused-ring (bicyclic) bond motifs is 2. The van der Waals surface area contributed by atoms with Gasteiger partial charge >= 0.3 is 5.97 Å². The number of aromatic hydroxyl groups is 1. The summed E-state index contributed by atoms with van der Waals surface area (Å²) >= 11 is 0. The van der Waals surface area contributed by atoms with Crippen LogP contribution in [0.15, 0.2) is 82.0 Å². The van der Waals surface area contributed by atoms with Gasteiger partial charge in [-0.05, 0) is 60.2 Å². The molecule has 0 atom stereocenters. The zero-order chi connectivity index (χ0) is 27.8. The summed E-state index contributed by atoms with van der Waals surface area (Å²) in [6.07, 6.45) is 0. The summed E-state index contributed by atoms with van der Waals surface area (Å²) in [6.45, 7) is 0. The van der Waals surface area contributed by atoms with Crippen LogP contribution in [0.1, 0.15) is 42.2 Å². The van der Waals surface area contributed by atoms with Crippen LogP contribution in [0, 0.1) is 11.8 Å². The van der Waals surface area contributed by atoms with Crippen molar-refractivity contribution >= 4 is 28.8 Å². The maximum atomic E-state index is 12.4. The summed E-state index contributed by atoms with van der Waals surface area (Å²) < 4.78 is 5.84. The Morgan fingerprint density at radius 1 is 0.718 bits per heavy atom. The van der Waals surface area contributed by atoms with Crippen molar-refractivity contribution in [2.75, 3.05) is 0 Å². The number of rotatable bonds is 4. The van der Waals surface area contributed by atoms with E-state index in [9.17, 15) is 29.4 Å². The normalized spacial score (nSPS) is 10.7. The summed E-state index contributed by atoms with van der Waals surface area (Å²) in [5.74, 6) is 3.03. The van der Waals surface area contributed by atoms with E-state index in [-0.39, 0.29) is 39.2 Å². The standard InChI is InChI=1S/C30H18N2O7/c31-28(35)20-8-4-15(11-23(20)29(32)36)1-2-16-3-7-19(24(12-16)30(37)38)27-21-9-5-17(33)13-25(21)39-26-14-18(34)6-10-22(26)27/h3-14,33H,(H2,31,35)(H2,32,36)(H,37,38). The van der Waals surface area contributed by atoms with Crippen LogP contribution < -0.4 is 16.9 Å². The number of carboxylic acids is 1. The second-order valence-corrected chi connectivity index (χ2v) is 8.62. The van der Waals surface area contributed by atoms with E-state index in [2.05, 4.69) is 11.8 Å². The number of phenols is 1. The first kappa shape index (κ1) is 24.8. The lowest BCUT2D eigenvalue weighted by molar-refractivity contribution is 0.0697. The van der Waals surface area contributed by atoms with Crippen LogP contribution in [0.25, 0.3) is 33.4 Å². The van der Waals surface area contributed by atoms with Gasteiger partial charge in [-0.15, -0.1) is 0 Å². The quantitative estimate of drug-likeness (QED) is 0.208. The molecule has 0 fully saturated rings. The summed E-state index contributed by atoms with van der Waals surface area (Å²) in [5, 5.41) is 20.6. The van der Waals surface area contributed by atoms with Crippen LogP contribution in [0.5, 0.6) is 5.75 Å². The molecule has 3 aromatic carbocycles. The molecule has 3 aromatic rings. The highest BCUT2D eigenvalue weighted by Crippen LogP contribution is 2.42. The largest absolute Gasteiger partial charge is 0.508 e. The topological polar surface area (TPSA) is 174 Å². The number of carbonyl (C=O) groups is 3. The predicted octanol–water partition coefficient (Wildman–Crippen LogP) is 3.57. The first-order valence-corrected chi connectivity index (χ1v) is 11.5. The average Bonchev–Trinajstić information content (AvgIpc) is 2.90. The summed E-state index contributed by atoms with van der Waals surface area (Å²) in [4.78, 5) is 47.6. The van der Waals surface area contributed by atoms with E-state index in [4.69, 9.17) is 15.9 Å². The van der Waals surface area contributed by atoms with Gasteiger partial charge in [0.05, 0.1) is 16.7 Å². The number of primary amides is 2. The Balaban J connectivity index is 1.67. The van der Waals surface area contributed by atoms with Gasteiger partial charge in [0.1, 0.15) is 17.1 Å². The van der Waals surface area contributed by atoms with Crippen molar-refractivity contribution in [1.82, 2.24) is 0 Å². The molecular weight excluding hydrogens is 500 g/mol. The summed E-state index contributed by atoms with van der Waals surface area (Å²) in [5.41, 5.74) is 12.6. The molecule has 190 valence electrons. The minimum atomic E-state index is -1.21. The lowest BCUT2D eigenvalue weighted by Crippen LogP contribution is -2.20. The highest BCUT2D eigenvalue weighted by Gasteiger charge is 2.22. The number of aromatic carboxylic acids is 1. The third-order valence-electron chi connectivity index (χ3n) is 6.10. The number of carbonyl (C=O) groups excluding carboxylic acids is 2. The Labute approximate surface area is 220 Å². The van der Waals surface area contributed by atoms with Crippen LogP contribution >= 0.6 is 0 Å². The third-order valence-corrected chi connectivity index (χ3v) is 6.10. The first-order chi connectivity index (χ1) is 18.6. The molecule has 0 unspecified atom stereocenters. The number of benzene rings is 4. The van der Waals surface area contributed by atoms with Gasteiger partial charge < -0.3 is 26.1 Å². The van der Waals surface area contributed by atoms with Crippen molar-refractivity contribution in [3.63, 3.8) is 0 Å². The highest BCUT2D eigenvalue weighted by atomic mass is 16.4.